The molecule has 176 valence electrons. The monoisotopic (exact) mass is 456 g/mol. The van der Waals surface area contributed by atoms with Gasteiger partial charge in [0.2, 0.25) is 11.8 Å². The van der Waals surface area contributed by atoms with Gasteiger partial charge in [0, 0.05) is 43.5 Å². The van der Waals surface area contributed by atoms with E-state index >= 15 is 0 Å². The van der Waals surface area contributed by atoms with Crippen molar-refractivity contribution in [1.82, 2.24) is 14.7 Å². The number of rotatable bonds is 6. The highest BCUT2D eigenvalue weighted by Gasteiger charge is 2.40. The summed E-state index contributed by atoms with van der Waals surface area (Å²) in [5, 5.41) is 4.47. The quantitative estimate of drug-likeness (QED) is 0.556. The molecule has 6 heteroatoms. The van der Waals surface area contributed by atoms with Gasteiger partial charge in [0.15, 0.2) is 0 Å². The summed E-state index contributed by atoms with van der Waals surface area (Å²) in [6, 6.07) is 18.3. The van der Waals surface area contributed by atoms with E-state index in [4.69, 9.17) is 0 Å². The molecule has 2 amide bonds. The Morgan fingerprint density at radius 1 is 0.971 bits per heavy atom. The molecule has 2 unspecified atom stereocenters. The van der Waals surface area contributed by atoms with Crippen LogP contribution in [-0.4, -0.2) is 40.1 Å². The maximum atomic E-state index is 13.6. The SMILES string of the molecule is CN(Cc1cnn(Cc2ccccc2)c1)C(=O)C1CCCCC1C(=O)N1CCc2ccccc21. The smallest absolute Gasteiger partial charge is 0.230 e. The maximum absolute atomic E-state index is 13.6. The fourth-order valence-corrected chi connectivity index (χ4v) is 5.47. The normalized spacial score (nSPS) is 19.6. The van der Waals surface area contributed by atoms with Gasteiger partial charge in [-0.3, -0.25) is 14.3 Å². The molecule has 0 radical (unpaired) electrons. The lowest BCUT2D eigenvalue weighted by Crippen LogP contribution is -2.45. The van der Waals surface area contributed by atoms with Crippen LogP contribution in [0.5, 0.6) is 0 Å². The number of benzene rings is 2. The van der Waals surface area contributed by atoms with E-state index < -0.39 is 0 Å². The van der Waals surface area contributed by atoms with Crippen molar-refractivity contribution in [3.8, 4) is 0 Å². The second-order valence-electron chi connectivity index (χ2n) is 9.59. The Kier molecular flexibility index (Phi) is 6.48. The van der Waals surface area contributed by atoms with Crippen molar-refractivity contribution in [1.29, 1.82) is 0 Å². The number of aromatic nitrogens is 2. The molecule has 0 spiro atoms. The first kappa shape index (κ1) is 22.4. The number of carbonyl (C=O) groups excluding carboxylic acids is 2. The minimum atomic E-state index is -0.252. The standard InChI is InChI=1S/C28H32N4O2/c1-30(18-22-17-29-31(20-22)19-21-9-3-2-4-10-21)27(33)24-12-6-7-13-25(24)28(34)32-16-15-23-11-5-8-14-26(23)32/h2-5,8-11,14,17,20,24-25H,6-7,12-13,15-16,18-19H2,1H3. The lowest BCUT2D eigenvalue weighted by atomic mass is 9.77. The lowest BCUT2D eigenvalue weighted by Gasteiger charge is -2.34. The zero-order valence-electron chi connectivity index (χ0n) is 19.8. The summed E-state index contributed by atoms with van der Waals surface area (Å²) in [5.74, 6) is -0.303. The third-order valence-electron chi connectivity index (χ3n) is 7.22. The zero-order valence-corrected chi connectivity index (χ0v) is 19.8. The Bertz CT molecular complexity index is 1160. The third-order valence-corrected chi connectivity index (χ3v) is 7.22. The van der Waals surface area contributed by atoms with E-state index in [0.717, 1.165) is 43.4 Å². The minimum Gasteiger partial charge on any atom is -0.341 e. The fourth-order valence-electron chi connectivity index (χ4n) is 5.47. The number of hydrogen-bond donors (Lipinski definition) is 0. The van der Waals surface area contributed by atoms with Crippen LogP contribution < -0.4 is 4.90 Å². The van der Waals surface area contributed by atoms with Gasteiger partial charge in [0.05, 0.1) is 18.7 Å². The Labute approximate surface area is 201 Å². The van der Waals surface area contributed by atoms with E-state index in [2.05, 4.69) is 23.3 Å². The van der Waals surface area contributed by atoms with E-state index in [9.17, 15) is 9.59 Å². The van der Waals surface area contributed by atoms with Gasteiger partial charge in [-0.2, -0.15) is 5.10 Å². The maximum Gasteiger partial charge on any atom is 0.230 e. The van der Waals surface area contributed by atoms with E-state index in [0.29, 0.717) is 19.6 Å². The molecule has 1 saturated carbocycles. The van der Waals surface area contributed by atoms with Crippen LogP contribution >= 0.6 is 0 Å². The molecule has 2 aliphatic rings. The van der Waals surface area contributed by atoms with E-state index in [1.165, 1.54) is 11.1 Å². The van der Waals surface area contributed by atoms with Gasteiger partial charge >= 0.3 is 0 Å². The first-order chi connectivity index (χ1) is 16.6. The molecular formula is C28H32N4O2. The van der Waals surface area contributed by atoms with Crippen molar-refractivity contribution in [2.45, 2.75) is 45.2 Å². The molecule has 34 heavy (non-hydrogen) atoms. The van der Waals surface area contributed by atoms with Crippen molar-refractivity contribution in [2.75, 3.05) is 18.5 Å². The van der Waals surface area contributed by atoms with Crippen molar-refractivity contribution in [3.63, 3.8) is 0 Å². The minimum absolute atomic E-state index is 0.0707. The van der Waals surface area contributed by atoms with E-state index in [-0.39, 0.29) is 23.7 Å². The molecule has 1 aliphatic carbocycles. The molecule has 1 aromatic heterocycles. The highest BCUT2D eigenvalue weighted by molar-refractivity contribution is 5.99. The molecular weight excluding hydrogens is 424 g/mol. The molecule has 0 bridgehead atoms. The van der Waals surface area contributed by atoms with Gasteiger partial charge in [-0.15, -0.1) is 0 Å². The highest BCUT2D eigenvalue weighted by atomic mass is 16.2. The summed E-state index contributed by atoms with van der Waals surface area (Å²) in [6.07, 6.45) is 8.29. The first-order valence-corrected chi connectivity index (χ1v) is 12.3. The average Bonchev–Trinajstić information content (AvgIpc) is 3.50. The van der Waals surface area contributed by atoms with Gasteiger partial charge < -0.3 is 9.80 Å². The Morgan fingerprint density at radius 2 is 1.71 bits per heavy atom. The number of anilines is 1. The lowest BCUT2D eigenvalue weighted by molar-refractivity contribution is -0.142. The second kappa shape index (κ2) is 9.84. The molecule has 5 rings (SSSR count). The second-order valence-corrected chi connectivity index (χ2v) is 9.59. The molecule has 0 saturated heterocycles. The molecule has 3 aromatic rings. The van der Waals surface area contributed by atoms with Crippen molar-refractivity contribution < 1.29 is 9.59 Å². The largest absolute Gasteiger partial charge is 0.341 e. The van der Waals surface area contributed by atoms with Crippen LogP contribution in [0.25, 0.3) is 0 Å². The Hall–Kier alpha value is -3.41. The van der Waals surface area contributed by atoms with Crippen LogP contribution in [0, 0.1) is 11.8 Å². The van der Waals surface area contributed by atoms with Gasteiger partial charge in [-0.25, -0.2) is 0 Å². The molecule has 2 atom stereocenters. The van der Waals surface area contributed by atoms with Crippen molar-refractivity contribution >= 4 is 17.5 Å². The van der Waals surface area contributed by atoms with Gasteiger partial charge in [0.25, 0.3) is 0 Å². The van der Waals surface area contributed by atoms with Gasteiger partial charge in [0.1, 0.15) is 0 Å². The summed E-state index contributed by atoms with van der Waals surface area (Å²) in [6.45, 7) is 1.92. The van der Waals surface area contributed by atoms with Crippen LogP contribution in [0.1, 0.15) is 42.4 Å². The number of para-hydroxylation sites is 1. The molecule has 2 aromatic carbocycles. The summed E-state index contributed by atoms with van der Waals surface area (Å²) >= 11 is 0. The molecule has 1 aliphatic heterocycles. The summed E-state index contributed by atoms with van der Waals surface area (Å²) in [5.41, 5.74) is 4.43. The van der Waals surface area contributed by atoms with Crippen molar-refractivity contribution in [3.05, 3.63) is 83.7 Å². The predicted molar refractivity (Wildman–Crippen MR) is 132 cm³/mol. The first-order valence-electron chi connectivity index (χ1n) is 12.3. The van der Waals surface area contributed by atoms with Crippen LogP contribution in [0.2, 0.25) is 0 Å². The van der Waals surface area contributed by atoms with Crippen LogP contribution in [0.3, 0.4) is 0 Å². The summed E-state index contributed by atoms with van der Waals surface area (Å²) < 4.78 is 1.90. The van der Waals surface area contributed by atoms with Crippen LogP contribution in [0.4, 0.5) is 5.69 Å². The number of hydrogen-bond acceptors (Lipinski definition) is 3. The van der Waals surface area contributed by atoms with Gasteiger partial charge in [-0.1, -0.05) is 61.4 Å². The van der Waals surface area contributed by atoms with E-state index in [1.54, 1.807) is 4.90 Å². The predicted octanol–water partition coefficient (Wildman–Crippen LogP) is 4.29. The molecule has 1 fully saturated rings. The number of carbonyl (C=O) groups is 2. The molecule has 2 heterocycles. The summed E-state index contributed by atoms with van der Waals surface area (Å²) in [7, 11) is 1.85. The van der Waals surface area contributed by atoms with Crippen molar-refractivity contribution in [2.24, 2.45) is 11.8 Å². The average molecular weight is 457 g/mol. The Morgan fingerprint density at radius 3 is 2.53 bits per heavy atom. The number of amides is 2. The Balaban J connectivity index is 1.25. The van der Waals surface area contributed by atoms with Crippen LogP contribution in [0.15, 0.2) is 67.0 Å². The third kappa shape index (κ3) is 4.63. The van der Waals surface area contributed by atoms with Crippen LogP contribution in [-0.2, 0) is 29.1 Å². The number of nitrogens with zero attached hydrogens (tertiary/aromatic N) is 4. The topological polar surface area (TPSA) is 58.4 Å². The van der Waals surface area contributed by atoms with Gasteiger partial charge in [-0.05, 0) is 36.5 Å². The zero-order chi connectivity index (χ0) is 23.5. The molecule has 6 nitrogen and oxygen atoms in total. The molecule has 0 N–H and O–H groups in total. The fraction of sp³-hybridized carbons (Fsp3) is 0.393. The van der Waals surface area contributed by atoms with E-state index in [1.807, 2.05) is 65.4 Å². The highest BCUT2D eigenvalue weighted by Crippen LogP contribution is 2.36. The number of fused-ring (bicyclic) bond motifs is 1. The summed E-state index contributed by atoms with van der Waals surface area (Å²) in [4.78, 5) is 30.8.